The fourth-order valence-electron chi connectivity index (χ4n) is 3.16. The lowest BCUT2D eigenvalue weighted by Crippen LogP contribution is -2.34. The summed E-state index contributed by atoms with van der Waals surface area (Å²) in [5.74, 6) is 1.53. The van der Waals surface area contributed by atoms with E-state index in [1.54, 1.807) is 21.1 Å². The molecule has 1 heterocycles. The summed E-state index contributed by atoms with van der Waals surface area (Å²) in [5, 5.41) is 2.87. The van der Waals surface area contributed by atoms with Gasteiger partial charge < -0.3 is 14.8 Å². The van der Waals surface area contributed by atoms with Gasteiger partial charge >= 0.3 is 0 Å². The SMILES string of the molecule is COc1ccc(CCNC(=O)Cn2c(-c3ccccc3)nc(C)cc2=O)cc1OC. The van der Waals surface area contributed by atoms with E-state index in [9.17, 15) is 9.59 Å². The second kappa shape index (κ2) is 9.73. The van der Waals surface area contributed by atoms with E-state index in [1.165, 1.54) is 10.6 Å². The number of amides is 1. The molecule has 2 aromatic carbocycles. The predicted molar refractivity (Wildman–Crippen MR) is 115 cm³/mol. The van der Waals surface area contributed by atoms with Gasteiger partial charge in [-0.15, -0.1) is 0 Å². The molecule has 0 spiro atoms. The summed E-state index contributed by atoms with van der Waals surface area (Å²) in [6.45, 7) is 2.10. The number of aryl methyl sites for hydroxylation is 1. The van der Waals surface area contributed by atoms with Gasteiger partial charge in [0.05, 0.1) is 14.2 Å². The van der Waals surface area contributed by atoms with Crippen LogP contribution in [-0.2, 0) is 17.8 Å². The molecule has 1 amide bonds. The number of rotatable bonds is 8. The van der Waals surface area contributed by atoms with E-state index in [1.807, 2.05) is 48.5 Å². The Bertz CT molecular complexity index is 1080. The summed E-state index contributed by atoms with van der Waals surface area (Å²) in [6.07, 6.45) is 0.624. The highest BCUT2D eigenvalue weighted by molar-refractivity contribution is 5.76. The Morgan fingerprint density at radius 3 is 2.47 bits per heavy atom. The molecule has 7 nitrogen and oxygen atoms in total. The van der Waals surface area contributed by atoms with Crippen LogP contribution in [-0.4, -0.2) is 36.2 Å². The maximum atomic E-state index is 12.5. The van der Waals surface area contributed by atoms with Gasteiger partial charge in [-0.1, -0.05) is 36.4 Å². The number of hydrogen-bond donors (Lipinski definition) is 1. The average molecular weight is 407 g/mol. The molecule has 0 fully saturated rings. The van der Waals surface area contributed by atoms with Crippen molar-refractivity contribution in [1.82, 2.24) is 14.9 Å². The van der Waals surface area contributed by atoms with Crippen molar-refractivity contribution in [1.29, 1.82) is 0 Å². The molecule has 3 aromatic rings. The largest absolute Gasteiger partial charge is 0.493 e. The van der Waals surface area contributed by atoms with Gasteiger partial charge in [0.2, 0.25) is 5.91 Å². The molecule has 0 bridgehead atoms. The van der Waals surface area contributed by atoms with Crippen LogP contribution in [0.3, 0.4) is 0 Å². The topological polar surface area (TPSA) is 82.5 Å². The Morgan fingerprint density at radius 2 is 1.77 bits per heavy atom. The quantitative estimate of drug-likeness (QED) is 0.621. The van der Waals surface area contributed by atoms with Crippen molar-refractivity contribution in [2.75, 3.05) is 20.8 Å². The molecule has 156 valence electrons. The van der Waals surface area contributed by atoms with Crippen LogP contribution in [0.4, 0.5) is 0 Å². The molecule has 3 rings (SSSR count). The molecule has 1 aromatic heterocycles. The Hall–Kier alpha value is -3.61. The summed E-state index contributed by atoms with van der Waals surface area (Å²) < 4.78 is 11.9. The van der Waals surface area contributed by atoms with E-state index in [2.05, 4.69) is 10.3 Å². The van der Waals surface area contributed by atoms with E-state index < -0.39 is 0 Å². The standard InChI is InChI=1S/C23H25N3O4/c1-16-13-22(28)26(23(25-16)18-7-5-4-6-8-18)15-21(27)24-12-11-17-9-10-19(29-2)20(14-17)30-3/h4-10,13-14H,11-12,15H2,1-3H3,(H,24,27). The minimum absolute atomic E-state index is 0.0950. The monoisotopic (exact) mass is 407 g/mol. The lowest BCUT2D eigenvalue weighted by atomic mass is 10.1. The lowest BCUT2D eigenvalue weighted by Gasteiger charge is -2.13. The third-order valence-electron chi connectivity index (χ3n) is 4.65. The van der Waals surface area contributed by atoms with Crippen LogP contribution in [0.2, 0.25) is 0 Å². The van der Waals surface area contributed by atoms with Gasteiger partial charge in [0.1, 0.15) is 12.4 Å². The zero-order valence-corrected chi connectivity index (χ0v) is 17.3. The lowest BCUT2D eigenvalue weighted by molar-refractivity contribution is -0.121. The van der Waals surface area contributed by atoms with Gasteiger partial charge in [-0.05, 0) is 31.0 Å². The Labute approximate surface area is 175 Å². The van der Waals surface area contributed by atoms with E-state index in [0.29, 0.717) is 36.0 Å². The highest BCUT2D eigenvalue weighted by Crippen LogP contribution is 2.27. The molecule has 7 heteroatoms. The van der Waals surface area contributed by atoms with Crippen LogP contribution in [0.5, 0.6) is 11.5 Å². The van der Waals surface area contributed by atoms with Crippen molar-refractivity contribution >= 4 is 5.91 Å². The minimum atomic E-state index is -0.253. The first kappa shape index (κ1) is 21.1. The second-order valence-corrected chi connectivity index (χ2v) is 6.80. The van der Waals surface area contributed by atoms with Gasteiger partial charge in [-0.25, -0.2) is 4.98 Å². The first-order chi connectivity index (χ1) is 14.5. The molecule has 0 saturated heterocycles. The predicted octanol–water partition coefficient (Wildman–Crippen LogP) is 2.59. The third-order valence-corrected chi connectivity index (χ3v) is 4.65. The molecular weight excluding hydrogens is 382 g/mol. The van der Waals surface area contributed by atoms with Crippen LogP contribution < -0.4 is 20.3 Å². The highest BCUT2D eigenvalue weighted by Gasteiger charge is 2.13. The summed E-state index contributed by atoms with van der Waals surface area (Å²) >= 11 is 0. The number of nitrogens with one attached hydrogen (secondary N) is 1. The first-order valence-electron chi connectivity index (χ1n) is 9.63. The van der Waals surface area contributed by atoms with Crippen molar-refractivity contribution in [3.63, 3.8) is 0 Å². The fourth-order valence-corrected chi connectivity index (χ4v) is 3.16. The number of aromatic nitrogens is 2. The molecule has 0 saturated carbocycles. The van der Waals surface area contributed by atoms with Gasteiger partial charge in [0.25, 0.3) is 5.56 Å². The molecule has 0 unspecified atom stereocenters. The number of nitrogens with zero attached hydrogens (tertiary/aromatic N) is 2. The number of hydrogen-bond acceptors (Lipinski definition) is 5. The summed E-state index contributed by atoms with van der Waals surface area (Å²) in [7, 11) is 3.17. The molecule has 0 atom stereocenters. The van der Waals surface area contributed by atoms with Crippen molar-refractivity contribution in [3.05, 3.63) is 76.2 Å². The first-order valence-corrected chi connectivity index (χ1v) is 9.63. The molecule has 0 aliphatic heterocycles. The smallest absolute Gasteiger partial charge is 0.254 e. The number of methoxy groups -OCH3 is 2. The van der Waals surface area contributed by atoms with Crippen molar-refractivity contribution in [2.45, 2.75) is 19.9 Å². The maximum absolute atomic E-state index is 12.5. The van der Waals surface area contributed by atoms with Gasteiger partial charge in [0.15, 0.2) is 11.5 Å². The molecule has 0 radical (unpaired) electrons. The van der Waals surface area contributed by atoms with Crippen molar-refractivity contribution < 1.29 is 14.3 Å². The zero-order valence-electron chi connectivity index (χ0n) is 17.3. The number of carbonyl (C=O) groups is 1. The number of benzene rings is 2. The molecule has 1 N–H and O–H groups in total. The van der Waals surface area contributed by atoms with Gasteiger partial charge in [0, 0.05) is 23.9 Å². The maximum Gasteiger partial charge on any atom is 0.254 e. The van der Waals surface area contributed by atoms with E-state index >= 15 is 0 Å². The van der Waals surface area contributed by atoms with Gasteiger partial charge in [-0.3, -0.25) is 14.2 Å². The number of ether oxygens (including phenoxy) is 2. The molecular formula is C23H25N3O4. The third kappa shape index (κ3) is 5.05. The van der Waals surface area contributed by atoms with Crippen molar-refractivity contribution in [3.8, 4) is 22.9 Å². The molecule has 0 aliphatic carbocycles. The van der Waals surface area contributed by atoms with Crippen LogP contribution in [0, 0.1) is 6.92 Å². The van der Waals surface area contributed by atoms with Crippen LogP contribution in [0.15, 0.2) is 59.4 Å². The Kier molecular flexibility index (Phi) is 6.85. The van der Waals surface area contributed by atoms with Gasteiger partial charge in [-0.2, -0.15) is 0 Å². The zero-order chi connectivity index (χ0) is 21.5. The van der Waals surface area contributed by atoms with E-state index in [-0.39, 0.29) is 18.0 Å². The normalized spacial score (nSPS) is 10.5. The minimum Gasteiger partial charge on any atom is -0.493 e. The molecule has 0 aliphatic rings. The second-order valence-electron chi connectivity index (χ2n) is 6.80. The Morgan fingerprint density at radius 1 is 1.03 bits per heavy atom. The summed E-state index contributed by atoms with van der Waals surface area (Å²) in [4.78, 5) is 29.5. The van der Waals surface area contributed by atoms with Crippen LogP contribution in [0.25, 0.3) is 11.4 Å². The molecule has 30 heavy (non-hydrogen) atoms. The summed E-state index contributed by atoms with van der Waals surface area (Å²) in [6, 6.07) is 16.4. The average Bonchev–Trinajstić information content (AvgIpc) is 2.76. The van der Waals surface area contributed by atoms with Crippen LogP contribution >= 0.6 is 0 Å². The summed E-state index contributed by atoms with van der Waals surface area (Å²) in [5.41, 5.74) is 2.16. The number of carbonyl (C=O) groups excluding carboxylic acids is 1. The van der Waals surface area contributed by atoms with E-state index in [4.69, 9.17) is 9.47 Å². The fraction of sp³-hybridized carbons (Fsp3) is 0.261. The van der Waals surface area contributed by atoms with Crippen LogP contribution in [0.1, 0.15) is 11.3 Å². The van der Waals surface area contributed by atoms with Crippen molar-refractivity contribution in [2.24, 2.45) is 0 Å². The Balaban J connectivity index is 1.68. The highest BCUT2D eigenvalue weighted by atomic mass is 16.5. The van der Waals surface area contributed by atoms with E-state index in [0.717, 1.165) is 11.1 Å².